The Morgan fingerprint density at radius 1 is 1.43 bits per heavy atom. The molecule has 76 valence electrons. The van der Waals surface area contributed by atoms with Crippen LogP contribution in [-0.4, -0.2) is 6.54 Å². The maximum Gasteiger partial charge on any atom is 0.0488 e. The molecule has 0 aliphatic heterocycles. The van der Waals surface area contributed by atoms with E-state index >= 15 is 0 Å². The van der Waals surface area contributed by atoms with Crippen molar-refractivity contribution in [3.05, 3.63) is 34.8 Å². The molecule has 0 atom stereocenters. The van der Waals surface area contributed by atoms with Crippen LogP contribution >= 0.6 is 15.9 Å². The second-order valence-corrected chi connectivity index (χ2v) is 3.85. The van der Waals surface area contributed by atoms with Gasteiger partial charge in [-0.1, -0.05) is 19.1 Å². The molecule has 1 rings (SSSR count). The number of benzene rings is 1. The summed E-state index contributed by atoms with van der Waals surface area (Å²) in [6, 6.07) is 5.75. The highest BCUT2D eigenvalue weighted by Gasteiger charge is 1.97. The number of allylic oxidation sites excluding steroid dienone is 1. The highest BCUT2D eigenvalue weighted by molar-refractivity contribution is 9.10. The van der Waals surface area contributed by atoms with Crippen molar-refractivity contribution in [2.45, 2.75) is 13.3 Å². The van der Waals surface area contributed by atoms with Gasteiger partial charge in [0.25, 0.3) is 0 Å². The van der Waals surface area contributed by atoms with E-state index in [2.05, 4.69) is 40.3 Å². The molecule has 3 heteroatoms. The maximum absolute atomic E-state index is 5.63. The van der Waals surface area contributed by atoms with E-state index in [4.69, 9.17) is 5.73 Å². The molecule has 1 aromatic carbocycles. The second-order valence-electron chi connectivity index (χ2n) is 3.00. The molecule has 0 radical (unpaired) electrons. The molecule has 0 heterocycles. The van der Waals surface area contributed by atoms with Gasteiger partial charge in [-0.15, -0.1) is 0 Å². The van der Waals surface area contributed by atoms with Gasteiger partial charge in [0, 0.05) is 22.4 Å². The molecule has 0 aliphatic carbocycles. The molecular weight excluding hydrogens is 240 g/mol. The van der Waals surface area contributed by atoms with Crippen LogP contribution in [0.5, 0.6) is 0 Å². The number of anilines is 2. The highest BCUT2D eigenvalue weighted by atomic mass is 79.9. The summed E-state index contributed by atoms with van der Waals surface area (Å²) in [4.78, 5) is 0. The van der Waals surface area contributed by atoms with Crippen LogP contribution in [0.25, 0.3) is 0 Å². The number of nitrogens with two attached hydrogens (primary N) is 1. The van der Waals surface area contributed by atoms with Gasteiger partial charge in [0.1, 0.15) is 0 Å². The van der Waals surface area contributed by atoms with Crippen LogP contribution in [0.3, 0.4) is 0 Å². The summed E-state index contributed by atoms with van der Waals surface area (Å²) in [6.45, 7) is 2.96. The fraction of sp³-hybridized carbons (Fsp3) is 0.273. The standard InChI is InChI=1S/C11H15BrN2/c1-2-3-4-7-14-11-6-5-9(13)8-10(11)12/h3-6,8,14H,2,7,13H2,1H3/b4-3+. The van der Waals surface area contributed by atoms with Crippen molar-refractivity contribution in [3.8, 4) is 0 Å². The molecule has 0 aliphatic rings. The van der Waals surface area contributed by atoms with Crippen LogP contribution in [-0.2, 0) is 0 Å². The molecule has 0 amide bonds. The van der Waals surface area contributed by atoms with Crippen molar-refractivity contribution in [2.24, 2.45) is 0 Å². The zero-order valence-electron chi connectivity index (χ0n) is 8.26. The van der Waals surface area contributed by atoms with Gasteiger partial charge in [0.05, 0.1) is 0 Å². The Balaban J connectivity index is 2.55. The predicted molar refractivity (Wildman–Crippen MR) is 66.5 cm³/mol. The summed E-state index contributed by atoms with van der Waals surface area (Å²) in [7, 11) is 0. The predicted octanol–water partition coefficient (Wildman–Crippen LogP) is 3.41. The van der Waals surface area contributed by atoms with E-state index in [1.54, 1.807) is 0 Å². The molecule has 2 nitrogen and oxygen atoms in total. The molecule has 14 heavy (non-hydrogen) atoms. The first-order valence-corrected chi connectivity index (χ1v) is 5.47. The van der Waals surface area contributed by atoms with E-state index in [1.165, 1.54) is 0 Å². The molecular formula is C11H15BrN2. The Morgan fingerprint density at radius 2 is 2.21 bits per heavy atom. The Morgan fingerprint density at radius 3 is 2.86 bits per heavy atom. The van der Waals surface area contributed by atoms with Gasteiger partial charge in [-0.3, -0.25) is 0 Å². The third-order valence-electron chi connectivity index (χ3n) is 1.81. The monoisotopic (exact) mass is 254 g/mol. The molecule has 0 fully saturated rings. The first-order chi connectivity index (χ1) is 6.74. The summed E-state index contributed by atoms with van der Waals surface area (Å²) in [5.41, 5.74) is 7.47. The van der Waals surface area contributed by atoms with Crippen molar-refractivity contribution in [1.29, 1.82) is 0 Å². The Kier molecular flexibility index (Phi) is 4.53. The van der Waals surface area contributed by atoms with Crippen molar-refractivity contribution < 1.29 is 0 Å². The minimum Gasteiger partial charge on any atom is -0.399 e. The molecule has 3 N–H and O–H groups in total. The number of nitrogen functional groups attached to an aromatic ring is 1. The third-order valence-corrected chi connectivity index (χ3v) is 2.46. The van der Waals surface area contributed by atoms with Gasteiger partial charge in [-0.05, 0) is 40.5 Å². The summed E-state index contributed by atoms with van der Waals surface area (Å²) in [6.07, 6.45) is 5.32. The SMILES string of the molecule is CC/C=C/CNc1ccc(N)cc1Br. The van der Waals surface area contributed by atoms with Crippen LogP contribution in [0.4, 0.5) is 11.4 Å². The fourth-order valence-electron chi connectivity index (χ4n) is 1.09. The average molecular weight is 255 g/mol. The Bertz CT molecular complexity index is 321. The van der Waals surface area contributed by atoms with Crippen molar-refractivity contribution in [2.75, 3.05) is 17.6 Å². The minimum absolute atomic E-state index is 0.770. The number of rotatable bonds is 4. The molecule has 0 saturated carbocycles. The zero-order valence-corrected chi connectivity index (χ0v) is 9.84. The van der Waals surface area contributed by atoms with Crippen LogP contribution in [0, 0.1) is 0 Å². The molecule has 0 spiro atoms. The summed E-state index contributed by atoms with van der Waals surface area (Å²) in [5, 5.41) is 3.29. The summed E-state index contributed by atoms with van der Waals surface area (Å²) >= 11 is 3.45. The van der Waals surface area contributed by atoms with E-state index in [9.17, 15) is 0 Å². The smallest absolute Gasteiger partial charge is 0.0488 e. The first-order valence-electron chi connectivity index (χ1n) is 4.68. The average Bonchev–Trinajstić information content (AvgIpc) is 2.15. The van der Waals surface area contributed by atoms with Crippen LogP contribution in [0.2, 0.25) is 0 Å². The Labute approximate surface area is 93.3 Å². The lowest BCUT2D eigenvalue weighted by Gasteiger charge is -2.06. The van der Waals surface area contributed by atoms with E-state index in [-0.39, 0.29) is 0 Å². The first kappa shape index (κ1) is 11.1. The number of hydrogen-bond acceptors (Lipinski definition) is 2. The topological polar surface area (TPSA) is 38.0 Å². The normalized spacial score (nSPS) is 10.7. The van der Waals surface area contributed by atoms with Gasteiger partial charge in [0.15, 0.2) is 0 Å². The quantitative estimate of drug-likeness (QED) is 0.639. The lowest BCUT2D eigenvalue weighted by molar-refractivity contribution is 1.20. The summed E-state index contributed by atoms with van der Waals surface area (Å²) in [5.74, 6) is 0. The van der Waals surface area contributed by atoms with Crippen molar-refractivity contribution in [3.63, 3.8) is 0 Å². The van der Waals surface area contributed by atoms with Crippen molar-refractivity contribution in [1.82, 2.24) is 0 Å². The zero-order chi connectivity index (χ0) is 10.4. The molecule has 0 aromatic heterocycles. The largest absolute Gasteiger partial charge is 0.399 e. The van der Waals surface area contributed by atoms with Gasteiger partial charge in [-0.25, -0.2) is 0 Å². The van der Waals surface area contributed by atoms with Gasteiger partial charge < -0.3 is 11.1 Å². The molecule has 0 saturated heterocycles. The van der Waals surface area contributed by atoms with E-state index in [0.29, 0.717) is 0 Å². The molecule has 0 unspecified atom stereocenters. The van der Waals surface area contributed by atoms with Crippen molar-refractivity contribution >= 4 is 27.3 Å². The van der Waals surface area contributed by atoms with E-state index in [1.807, 2.05) is 18.2 Å². The lowest BCUT2D eigenvalue weighted by atomic mass is 10.3. The highest BCUT2D eigenvalue weighted by Crippen LogP contribution is 2.24. The van der Waals surface area contributed by atoms with E-state index in [0.717, 1.165) is 28.8 Å². The fourth-order valence-corrected chi connectivity index (χ4v) is 1.63. The number of halogens is 1. The van der Waals surface area contributed by atoms with Crippen LogP contribution < -0.4 is 11.1 Å². The second kappa shape index (κ2) is 5.70. The number of hydrogen-bond donors (Lipinski definition) is 2. The van der Waals surface area contributed by atoms with Crippen LogP contribution in [0.1, 0.15) is 13.3 Å². The summed E-state index contributed by atoms with van der Waals surface area (Å²) < 4.78 is 1.00. The molecule has 0 bridgehead atoms. The minimum atomic E-state index is 0.770. The number of nitrogens with one attached hydrogen (secondary N) is 1. The van der Waals surface area contributed by atoms with Gasteiger partial charge in [-0.2, -0.15) is 0 Å². The van der Waals surface area contributed by atoms with Gasteiger partial charge in [0.2, 0.25) is 0 Å². The lowest BCUT2D eigenvalue weighted by Crippen LogP contribution is -1.99. The Hall–Kier alpha value is -0.960. The maximum atomic E-state index is 5.63. The molecule has 1 aromatic rings. The van der Waals surface area contributed by atoms with Crippen LogP contribution in [0.15, 0.2) is 34.8 Å². The third kappa shape index (κ3) is 3.42. The van der Waals surface area contributed by atoms with Gasteiger partial charge >= 0.3 is 0 Å². The van der Waals surface area contributed by atoms with E-state index < -0.39 is 0 Å².